The van der Waals surface area contributed by atoms with Crippen LogP contribution in [0.4, 0.5) is 0 Å². The van der Waals surface area contributed by atoms with Gasteiger partial charge in [-0.2, -0.15) is 0 Å². The van der Waals surface area contributed by atoms with Crippen LogP contribution in [0.15, 0.2) is 48.5 Å². The molecule has 4 heteroatoms. The van der Waals surface area contributed by atoms with Gasteiger partial charge in [-0.15, -0.1) is 11.3 Å². The molecule has 0 bridgehead atoms. The van der Waals surface area contributed by atoms with Gasteiger partial charge in [0.1, 0.15) is 11.6 Å². The van der Waals surface area contributed by atoms with E-state index in [-0.39, 0.29) is 11.6 Å². The third kappa shape index (κ3) is 2.18. The number of amidine groups is 1. The van der Waals surface area contributed by atoms with E-state index in [1.807, 2.05) is 36.4 Å². The third-order valence-corrected chi connectivity index (χ3v) is 4.11. The Balaban J connectivity index is 2.13. The van der Waals surface area contributed by atoms with Crippen LogP contribution < -0.4 is 5.73 Å². The molecule has 1 aromatic heterocycles. The number of thiophene rings is 1. The van der Waals surface area contributed by atoms with Crippen LogP contribution in [0.5, 0.6) is 5.75 Å². The molecule has 3 aromatic rings. The first-order valence-electron chi connectivity index (χ1n) is 5.81. The van der Waals surface area contributed by atoms with Crippen LogP contribution in [0.25, 0.3) is 21.2 Å². The number of nitrogens with two attached hydrogens (primary N) is 1. The van der Waals surface area contributed by atoms with E-state index in [9.17, 15) is 5.11 Å². The van der Waals surface area contributed by atoms with Gasteiger partial charge in [0, 0.05) is 4.70 Å². The van der Waals surface area contributed by atoms with Crippen molar-refractivity contribution in [2.45, 2.75) is 0 Å². The predicted molar refractivity (Wildman–Crippen MR) is 79.9 cm³/mol. The molecule has 0 aliphatic rings. The van der Waals surface area contributed by atoms with Gasteiger partial charge in [0.25, 0.3) is 0 Å². The Morgan fingerprint density at radius 2 is 1.84 bits per heavy atom. The Morgan fingerprint density at radius 3 is 2.58 bits per heavy atom. The minimum Gasteiger partial charge on any atom is -0.508 e. The predicted octanol–water partition coefficient (Wildman–Crippen LogP) is 3.56. The van der Waals surface area contributed by atoms with Crippen molar-refractivity contribution in [2.24, 2.45) is 5.73 Å². The molecule has 1 heterocycles. The number of hydrogen-bond donors (Lipinski definition) is 3. The molecule has 0 fully saturated rings. The zero-order valence-electron chi connectivity index (χ0n) is 10.1. The maximum absolute atomic E-state index is 9.52. The molecule has 3 nitrogen and oxygen atoms in total. The number of hydrogen-bond acceptors (Lipinski definition) is 3. The lowest BCUT2D eigenvalue weighted by molar-refractivity contribution is 0.475. The molecule has 0 spiro atoms. The number of nitrogens with one attached hydrogen (secondary N) is 1. The number of nitrogen functional groups attached to an aromatic ring is 1. The van der Waals surface area contributed by atoms with E-state index in [0.717, 1.165) is 26.1 Å². The number of phenolic OH excluding ortho intramolecular Hbond substituents is 1. The SMILES string of the molecule is N=C(N)c1cc2cc(-c3cccc(O)c3)ccc2s1. The van der Waals surface area contributed by atoms with E-state index in [4.69, 9.17) is 11.1 Å². The number of benzene rings is 2. The molecule has 4 N–H and O–H groups in total. The molecule has 2 aromatic carbocycles. The summed E-state index contributed by atoms with van der Waals surface area (Å²) in [4.78, 5) is 0.781. The fourth-order valence-corrected chi connectivity index (χ4v) is 2.95. The minimum atomic E-state index is 0.0973. The van der Waals surface area contributed by atoms with Crippen LogP contribution in [-0.2, 0) is 0 Å². The molecule has 0 saturated carbocycles. The van der Waals surface area contributed by atoms with Crippen LogP contribution in [0.3, 0.4) is 0 Å². The highest BCUT2D eigenvalue weighted by atomic mass is 32.1. The molecule has 0 aliphatic heterocycles. The molecule has 0 unspecified atom stereocenters. The molecule has 0 atom stereocenters. The highest BCUT2D eigenvalue weighted by molar-refractivity contribution is 7.20. The van der Waals surface area contributed by atoms with E-state index in [0.29, 0.717) is 0 Å². The lowest BCUT2D eigenvalue weighted by Gasteiger charge is -2.02. The Morgan fingerprint density at radius 1 is 1.05 bits per heavy atom. The van der Waals surface area contributed by atoms with E-state index >= 15 is 0 Å². The Labute approximate surface area is 114 Å². The van der Waals surface area contributed by atoms with Crippen molar-refractivity contribution >= 4 is 27.3 Å². The van der Waals surface area contributed by atoms with Gasteiger partial charge in [0.05, 0.1) is 4.88 Å². The Kier molecular flexibility index (Phi) is 2.72. The number of aromatic hydroxyl groups is 1. The zero-order valence-corrected chi connectivity index (χ0v) is 10.9. The summed E-state index contributed by atoms with van der Waals surface area (Å²) >= 11 is 1.51. The van der Waals surface area contributed by atoms with Gasteiger partial charge in [-0.3, -0.25) is 5.41 Å². The third-order valence-electron chi connectivity index (χ3n) is 2.96. The topological polar surface area (TPSA) is 70.1 Å². The summed E-state index contributed by atoms with van der Waals surface area (Å²) in [5, 5.41) is 18.1. The van der Waals surface area contributed by atoms with Gasteiger partial charge in [0.15, 0.2) is 0 Å². The van der Waals surface area contributed by atoms with Gasteiger partial charge in [0.2, 0.25) is 0 Å². The highest BCUT2D eigenvalue weighted by Crippen LogP contribution is 2.31. The second-order valence-corrected chi connectivity index (χ2v) is 5.41. The summed E-state index contributed by atoms with van der Waals surface area (Å²) in [6.07, 6.45) is 0. The van der Waals surface area contributed by atoms with Crippen LogP contribution in [0.1, 0.15) is 4.88 Å². The van der Waals surface area contributed by atoms with E-state index in [2.05, 4.69) is 0 Å². The second-order valence-electron chi connectivity index (χ2n) is 4.33. The lowest BCUT2D eigenvalue weighted by atomic mass is 10.0. The van der Waals surface area contributed by atoms with Crippen LogP contribution in [0, 0.1) is 5.41 Å². The van der Waals surface area contributed by atoms with Crippen LogP contribution in [0.2, 0.25) is 0 Å². The fourth-order valence-electron chi connectivity index (χ4n) is 2.04. The average molecular weight is 268 g/mol. The first-order valence-corrected chi connectivity index (χ1v) is 6.62. The summed E-state index contributed by atoms with van der Waals surface area (Å²) in [7, 11) is 0. The molecule has 19 heavy (non-hydrogen) atoms. The monoisotopic (exact) mass is 268 g/mol. The van der Waals surface area contributed by atoms with Crippen molar-refractivity contribution < 1.29 is 5.11 Å². The van der Waals surface area contributed by atoms with Crippen molar-refractivity contribution in [3.63, 3.8) is 0 Å². The maximum Gasteiger partial charge on any atom is 0.133 e. The quantitative estimate of drug-likeness (QED) is 0.491. The first-order chi connectivity index (χ1) is 9.13. The maximum atomic E-state index is 9.52. The summed E-state index contributed by atoms with van der Waals surface area (Å²) in [5.74, 6) is 0.354. The summed E-state index contributed by atoms with van der Waals surface area (Å²) in [5.41, 5.74) is 7.52. The molecule has 0 saturated heterocycles. The van der Waals surface area contributed by atoms with Crippen molar-refractivity contribution in [3.8, 4) is 16.9 Å². The van der Waals surface area contributed by atoms with Gasteiger partial charge >= 0.3 is 0 Å². The lowest BCUT2D eigenvalue weighted by Crippen LogP contribution is -2.08. The summed E-state index contributed by atoms with van der Waals surface area (Å²) < 4.78 is 1.11. The molecular weight excluding hydrogens is 256 g/mol. The van der Waals surface area contributed by atoms with Gasteiger partial charge in [-0.05, 0) is 46.8 Å². The van der Waals surface area contributed by atoms with Gasteiger partial charge in [-0.1, -0.05) is 18.2 Å². The van der Waals surface area contributed by atoms with Gasteiger partial charge < -0.3 is 10.8 Å². The summed E-state index contributed by atoms with van der Waals surface area (Å²) in [6.45, 7) is 0. The van der Waals surface area contributed by atoms with E-state index < -0.39 is 0 Å². The standard InChI is InChI=1S/C15H12N2OS/c16-15(17)14-8-11-6-10(4-5-13(11)19-14)9-2-1-3-12(18)7-9/h1-8,18H,(H3,16,17). The molecular formula is C15H12N2OS. The molecule has 0 radical (unpaired) electrons. The molecule has 0 amide bonds. The van der Waals surface area contributed by atoms with Crippen molar-refractivity contribution in [2.75, 3.05) is 0 Å². The smallest absolute Gasteiger partial charge is 0.133 e. The number of phenols is 1. The molecule has 94 valence electrons. The van der Waals surface area contributed by atoms with Crippen molar-refractivity contribution in [1.82, 2.24) is 0 Å². The summed E-state index contributed by atoms with van der Waals surface area (Å²) in [6, 6.07) is 15.2. The first kappa shape index (κ1) is 11.7. The number of rotatable bonds is 2. The fraction of sp³-hybridized carbons (Fsp3) is 0. The van der Waals surface area contributed by atoms with E-state index in [1.165, 1.54) is 11.3 Å². The van der Waals surface area contributed by atoms with Gasteiger partial charge in [-0.25, -0.2) is 0 Å². The Bertz CT molecular complexity index is 777. The minimum absolute atomic E-state index is 0.0973. The molecule has 3 rings (SSSR count). The highest BCUT2D eigenvalue weighted by Gasteiger charge is 2.06. The van der Waals surface area contributed by atoms with Crippen LogP contribution in [-0.4, -0.2) is 10.9 Å². The van der Waals surface area contributed by atoms with Crippen LogP contribution >= 0.6 is 11.3 Å². The van der Waals surface area contributed by atoms with Crippen molar-refractivity contribution in [3.05, 3.63) is 53.4 Å². The average Bonchev–Trinajstić information content (AvgIpc) is 2.81. The second kappa shape index (κ2) is 4.40. The normalized spacial score (nSPS) is 10.7. The molecule has 0 aliphatic carbocycles. The van der Waals surface area contributed by atoms with E-state index in [1.54, 1.807) is 12.1 Å². The largest absolute Gasteiger partial charge is 0.508 e. The van der Waals surface area contributed by atoms with Crippen molar-refractivity contribution in [1.29, 1.82) is 5.41 Å². The Hall–Kier alpha value is -2.33. The number of fused-ring (bicyclic) bond motifs is 1. The zero-order chi connectivity index (χ0) is 13.4.